The Kier molecular flexibility index (Phi) is 7.99. The molecule has 2 aromatic rings. The molecule has 0 saturated heterocycles. The Bertz CT molecular complexity index is 915. The number of hydrogen-bond acceptors (Lipinski definition) is 8. The highest BCUT2D eigenvalue weighted by Gasteiger charge is 2.22. The van der Waals surface area contributed by atoms with Gasteiger partial charge in [0.15, 0.2) is 6.10 Å². The number of benzene rings is 1. The SMILES string of the molecule is CC(OC(=O)CSc1nnc(-c2ccc(F)cc2)o1)C(=O)NC(=O)NC1CCCCC1. The Morgan fingerprint density at radius 2 is 1.90 bits per heavy atom. The van der Waals surface area contributed by atoms with E-state index in [2.05, 4.69) is 20.8 Å². The van der Waals surface area contributed by atoms with Gasteiger partial charge in [-0.1, -0.05) is 31.0 Å². The molecule has 1 atom stereocenters. The number of halogens is 1. The van der Waals surface area contributed by atoms with Gasteiger partial charge in [-0.25, -0.2) is 9.18 Å². The van der Waals surface area contributed by atoms with Crippen molar-refractivity contribution in [3.8, 4) is 11.5 Å². The van der Waals surface area contributed by atoms with Gasteiger partial charge in [0.1, 0.15) is 11.6 Å². The number of aromatic nitrogens is 2. The minimum absolute atomic E-state index is 0.0602. The van der Waals surface area contributed by atoms with Crippen LogP contribution in [0, 0.1) is 5.82 Å². The largest absolute Gasteiger partial charge is 0.452 e. The van der Waals surface area contributed by atoms with Crippen LogP contribution in [0.5, 0.6) is 0 Å². The number of carbonyl (C=O) groups is 3. The molecule has 1 aromatic carbocycles. The maximum Gasteiger partial charge on any atom is 0.321 e. The van der Waals surface area contributed by atoms with Gasteiger partial charge in [0.05, 0.1) is 0 Å². The molecule has 1 saturated carbocycles. The number of hydrogen-bond donors (Lipinski definition) is 2. The number of nitrogens with zero attached hydrogens (tertiary/aromatic N) is 2. The number of imide groups is 1. The van der Waals surface area contributed by atoms with Gasteiger partial charge in [-0.15, -0.1) is 10.2 Å². The average Bonchev–Trinajstić information content (AvgIpc) is 3.22. The summed E-state index contributed by atoms with van der Waals surface area (Å²) in [5.74, 6) is -1.75. The number of urea groups is 1. The molecular weight excluding hydrogens is 427 g/mol. The third-order valence-corrected chi connectivity index (χ3v) is 5.46. The number of amides is 3. The first-order valence-electron chi connectivity index (χ1n) is 9.94. The number of esters is 1. The van der Waals surface area contributed by atoms with Crippen molar-refractivity contribution < 1.29 is 27.9 Å². The van der Waals surface area contributed by atoms with E-state index in [1.165, 1.54) is 31.2 Å². The van der Waals surface area contributed by atoms with Crippen molar-refractivity contribution in [2.45, 2.75) is 56.4 Å². The number of nitrogens with one attached hydrogen (secondary N) is 2. The van der Waals surface area contributed by atoms with Crippen molar-refractivity contribution in [2.75, 3.05) is 5.75 Å². The second kappa shape index (κ2) is 10.9. The molecule has 9 nitrogen and oxygen atoms in total. The number of thioether (sulfide) groups is 1. The third-order valence-electron chi connectivity index (χ3n) is 4.67. The predicted molar refractivity (Wildman–Crippen MR) is 110 cm³/mol. The molecule has 2 N–H and O–H groups in total. The van der Waals surface area contributed by atoms with E-state index in [4.69, 9.17) is 9.15 Å². The summed E-state index contributed by atoms with van der Waals surface area (Å²) < 4.78 is 23.4. The van der Waals surface area contributed by atoms with Crippen LogP contribution in [0.3, 0.4) is 0 Å². The van der Waals surface area contributed by atoms with Crippen molar-refractivity contribution in [1.82, 2.24) is 20.8 Å². The van der Waals surface area contributed by atoms with Crippen LogP contribution in [0.4, 0.5) is 9.18 Å². The van der Waals surface area contributed by atoms with E-state index < -0.39 is 24.0 Å². The van der Waals surface area contributed by atoms with Gasteiger partial charge in [0.2, 0.25) is 5.89 Å². The van der Waals surface area contributed by atoms with E-state index in [-0.39, 0.29) is 28.7 Å². The van der Waals surface area contributed by atoms with Crippen LogP contribution >= 0.6 is 11.8 Å². The second-order valence-electron chi connectivity index (χ2n) is 7.10. The van der Waals surface area contributed by atoms with E-state index >= 15 is 0 Å². The summed E-state index contributed by atoms with van der Waals surface area (Å²) in [5.41, 5.74) is 0.542. The molecule has 1 fully saturated rings. The van der Waals surface area contributed by atoms with Crippen LogP contribution in [0.25, 0.3) is 11.5 Å². The van der Waals surface area contributed by atoms with E-state index in [0.717, 1.165) is 43.9 Å². The molecule has 166 valence electrons. The van der Waals surface area contributed by atoms with Crippen LogP contribution < -0.4 is 10.6 Å². The average molecular weight is 450 g/mol. The topological polar surface area (TPSA) is 123 Å². The molecule has 31 heavy (non-hydrogen) atoms. The zero-order valence-corrected chi connectivity index (χ0v) is 17.7. The maximum atomic E-state index is 13.0. The van der Waals surface area contributed by atoms with E-state index in [0.29, 0.717) is 5.56 Å². The molecular formula is C20H23FN4O5S. The lowest BCUT2D eigenvalue weighted by molar-refractivity contribution is -0.151. The first-order chi connectivity index (χ1) is 14.9. The normalized spacial score (nSPS) is 15.2. The van der Waals surface area contributed by atoms with E-state index in [1.54, 1.807) is 0 Å². The summed E-state index contributed by atoms with van der Waals surface area (Å²) in [7, 11) is 0. The highest BCUT2D eigenvalue weighted by atomic mass is 32.2. The Morgan fingerprint density at radius 1 is 1.19 bits per heavy atom. The third kappa shape index (κ3) is 7.06. The van der Waals surface area contributed by atoms with Crippen molar-refractivity contribution >= 4 is 29.7 Å². The molecule has 3 rings (SSSR count). The Morgan fingerprint density at radius 3 is 2.61 bits per heavy atom. The Labute approximate surface area is 182 Å². The lowest BCUT2D eigenvalue weighted by Gasteiger charge is -2.23. The van der Waals surface area contributed by atoms with Gasteiger partial charge in [-0.2, -0.15) is 0 Å². The summed E-state index contributed by atoms with van der Waals surface area (Å²) in [6.07, 6.45) is 3.90. The molecule has 0 radical (unpaired) electrons. The summed E-state index contributed by atoms with van der Waals surface area (Å²) in [4.78, 5) is 36.0. The smallest absolute Gasteiger partial charge is 0.321 e. The monoisotopic (exact) mass is 450 g/mol. The number of carbonyl (C=O) groups excluding carboxylic acids is 3. The minimum atomic E-state index is -1.14. The molecule has 0 aliphatic heterocycles. The van der Waals surface area contributed by atoms with Crippen molar-refractivity contribution in [2.24, 2.45) is 0 Å². The van der Waals surface area contributed by atoms with Gasteiger partial charge in [0, 0.05) is 11.6 Å². The van der Waals surface area contributed by atoms with Gasteiger partial charge in [-0.3, -0.25) is 14.9 Å². The van der Waals surface area contributed by atoms with Crippen molar-refractivity contribution in [3.63, 3.8) is 0 Å². The molecule has 11 heteroatoms. The fraction of sp³-hybridized carbons (Fsp3) is 0.450. The van der Waals surface area contributed by atoms with Crippen LogP contribution in [-0.4, -0.2) is 46.0 Å². The predicted octanol–water partition coefficient (Wildman–Crippen LogP) is 3.06. The molecule has 0 bridgehead atoms. The van der Waals surface area contributed by atoms with Crippen LogP contribution in [0.15, 0.2) is 33.9 Å². The second-order valence-corrected chi connectivity index (χ2v) is 8.03. The molecule has 1 heterocycles. The summed E-state index contributed by atoms with van der Waals surface area (Å²) in [5, 5.41) is 12.7. The zero-order chi connectivity index (χ0) is 22.2. The molecule has 3 amide bonds. The van der Waals surface area contributed by atoms with Crippen LogP contribution in [0.2, 0.25) is 0 Å². The van der Waals surface area contributed by atoms with Gasteiger partial charge in [0.25, 0.3) is 11.1 Å². The van der Waals surface area contributed by atoms with E-state index in [1.807, 2.05) is 0 Å². The van der Waals surface area contributed by atoms with Crippen LogP contribution in [-0.2, 0) is 14.3 Å². The van der Waals surface area contributed by atoms with Gasteiger partial charge < -0.3 is 14.5 Å². The van der Waals surface area contributed by atoms with Gasteiger partial charge >= 0.3 is 12.0 Å². The molecule has 0 spiro atoms. The van der Waals surface area contributed by atoms with Crippen molar-refractivity contribution in [1.29, 1.82) is 0 Å². The minimum Gasteiger partial charge on any atom is -0.452 e. The van der Waals surface area contributed by atoms with E-state index in [9.17, 15) is 18.8 Å². The first kappa shape index (κ1) is 22.7. The summed E-state index contributed by atoms with van der Waals surface area (Å²) in [6.45, 7) is 1.38. The van der Waals surface area contributed by atoms with Gasteiger partial charge in [-0.05, 0) is 44.0 Å². The standard InChI is InChI=1S/C20H23FN4O5S/c1-12(17(27)23-19(28)22-15-5-3-2-4-6-15)29-16(26)11-31-20-25-24-18(30-20)13-7-9-14(21)10-8-13/h7-10,12,15H,2-6,11H2,1H3,(H2,22,23,27,28). The first-order valence-corrected chi connectivity index (χ1v) is 10.9. The Balaban J connectivity index is 1.40. The number of ether oxygens (including phenoxy) is 1. The fourth-order valence-corrected chi connectivity index (χ4v) is 3.61. The lowest BCUT2D eigenvalue weighted by atomic mass is 9.96. The summed E-state index contributed by atoms with van der Waals surface area (Å²) >= 11 is 0.938. The number of rotatable bonds is 7. The van der Waals surface area contributed by atoms with Crippen molar-refractivity contribution in [3.05, 3.63) is 30.1 Å². The zero-order valence-electron chi connectivity index (χ0n) is 16.9. The highest BCUT2D eigenvalue weighted by Crippen LogP contribution is 2.23. The highest BCUT2D eigenvalue weighted by molar-refractivity contribution is 7.99. The fourth-order valence-electron chi connectivity index (χ4n) is 3.06. The molecule has 1 unspecified atom stereocenters. The molecule has 1 aliphatic carbocycles. The lowest BCUT2D eigenvalue weighted by Crippen LogP contribution is -2.48. The maximum absolute atomic E-state index is 13.0. The van der Waals surface area contributed by atoms with Crippen LogP contribution in [0.1, 0.15) is 39.0 Å². The molecule has 1 aliphatic rings. The summed E-state index contributed by atoms with van der Waals surface area (Å²) in [6, 6.07) is 5.00. The molecule has 1 aromatic heterocycles. The quantitative estimate of drug-likeness (QED) is 0.487. The Hall–Kier alpha value is -2.95.